The lowest BCUT2D eigenvalue weighted by molar-refractivity contribution is 0.0965. The monoisotopic (exact) mass is 369 g/mol. The predicted molar refractivity (Wildman–Crippen MR) is 102 cm³/mol. The maximum atomic E-state index is 12.6. The largest absolute Gasteiger partial charge is 0.493 e. The molecule has 6 nitrogen and oxygen atoms in total. The van der Waals surface area contributed by atoms with E-state index >= 15 is 0 Å². The number of carbonyl (C=O) groups excluding carboxylic acids is 2. The van der Waals surface area contributed by atoms with E-state index in [1.807, 2.05) is 37.3 Å². The molecule has 0 saturated heterocycles. The molecule has 0 aliphatic carbocycles. The summed E-state index contributed by atoms with van der Waals surface area (Å²) < 4.78 is 16.5. The Labute approximate surface area is 158 Å². The normalized spacial score (nSPS) is 15.9. The molecule has 142 valence electrons. The molecule has 6 heteroatoms. The van der Waals surface area contributed by atoms with Gasteiger partial charge in [0, 0.05) is 24.1 Å². The summed E-state index contributed by atoms with van der Waals surface area (Å²) in [6.07, 6.45) is -0.241. The second-order valence-corrected chi connectivity index (χ2v) is 6.34. The van der Waals surface area contributed by atoms with Crippen LogP contribution < -0.4 is 14.4 Å². The second-order valence-electron chi connectivity index (χ2n) is 6.34. The number of rotatable bonds is 5. The van der Waals surface area contributed by atoms with Crippen molar-refractivity contribution >= 4 is 17.6 Å². The van der Waals surface area contributed by atoms with Gasteiger partial charge >= 0.3 is 6.09 Å². The molecule has 0 radical (unpaired) electrons. The Morgan fingerprint density at radius 3 is 2.59 bits per heavy atom. The maximum absolute atomic E-state index is 12.6. The Morgan fingerprint density at radius 2 is 1.93 bits per heavy atom. The van der Waals surface area contributed by atoms with Gasteiger partial charge in [0.15, 0.2) is 17.3 Å². The molecular weight excluding hydrogens is 346 g/mol. The number of Topliss-reactive ketones (excluding diaryl/α,β-unsaturated/α-hetero) is 1. The summed E-state index contributed by atoms with van der Waals surface area (Å²) in [4.78, 5) is 26.5. The highest BCUT2D eigenvalue weighted by atomic mass is 16.6. The molecule has 1 heterocycles. The van der Waals surface area contributed by atoms with E-state index in [4.69, 9.17) is 14.2 Å². The number of methoxy groups -OCH3 is 1. The highest BCUT2D eigenvalue weighted by Crippen LogP contribution is 2.40. The van der Waals surface area contributed by atoms with Gasteiger partial charge in [-0.1, -0.05) is 30.3 Å². The van der Waals surface area contributed by atoms with Crippen LogP contribution >= 0.6 is 0 Å². The molecule has 0 spiro atoms. The molecule has 1 unspecified atom stereocenters. The van der Waals surface area contributed by atoms with Crippen LogP contribution in [0.15, 0.2) is 42.5 Å². The first kappa shape index (κ1) is 18.8. The molecule has 1 atom stereocenters. The molecule has 2 aromatic rings. The number of fused-ring (bicyclic) bond motifs is 1. The number of ketones is 1. The van der Waals surface area contributed by atoms with Crippen molar-refractivity contribution in [1.82, 2.24) is 0 Å². The van der Waals surface area contributed by atoms with E-state index in [0.717, 1.165) is 5.56 Å². The fourth-order valence-corrected chi connectivity index (χ4v) is 3.16. The average Bonchev–Trinajstić information content (AvgIpc) is 2.67. The van der Waals surface area contributed by atoms with Gasteiger partial charge in [0.2, 0.25) is 0 Å². The van der Waals surface area contributed by atoms with Crippen molar-refractivity contribution in [2.24, 2.45) is 0 Å². The number of anilines is 1. The summed E-state index contributed by atoms with van der Waals surface area (Å²) >= 11 is 0. The summed E-state index contributed by atoms with van der Waals surface area (Å²) in [5, 5.41) is 0. The Hall–Kier alpha value is -3.02. The topological polar surface area (TPSA) is 65.1 Å². The van der Waals surface area contributed by atoms with Crippen molar-refractivity contribution in [3.05, 3.63) is 53.6 Å². The van der Waals surface area contributed by atoms with Crippen LogP contribution in [0, 0.1) is 0 Å². The molecule has 1 aliphatic heterocycles. The van der Waals surface area contributed by atoms with Gasteiger partial charge in [-0.2, -0.15) is 0 Å². The highest BCUT2D eigenvalue weighted by Gasteiger charge is 2.35. The molecule has 2 aromatic carbocycles. The zero-order valence-corrected chi connectivity index (χ0v) is 15.7. The third-order valence-electron chi connectivity index (χ3n) is 4.47. The Kier molecular flexibility index (Phi) is 5.64. The quantitative estimate of drug-likeness (QED) is 0.790. The third kappa shape index (κ3) is 3.89. The zero-order chi connectivity index (χ0) is 19.4. The fraction of sp³-hybridized carbons (Fsp3) is 0.333. The van der Waals surface area contributed by atoms with Crippen LogP contribution in [0.5, 0.6) is 11.5 Å². The van der Waals surface area contributed by atoms with Crippen LogP contribution in [-0.2, 0) is 11.3 Å². The lowest BCUT2D eigenvalue weighted by atomic mass is 9.95. The first-order chi connectivity index (χ1) is 13.0. The highest BCUT2D eigenvalue weighted by molar-refractivity contribution is 6.08. The fourth-order valence-electron chi connectivity index (χ4n) is 3.16. The van der Waals surface area contributed by atoms with Crippen molar-refractivity contribution in [2.45, 2.75) is 32.9 Å². The van der Waals surface area contributed by atoms with Crippen molar-refractivity contribution in [3.63, 3.8) is 0 Å². The van der Waals surface area contributed by atoms with E-state index in [1.165, 1.54) is 12.0 Å². The van der Waals surface area contributed by atoms with Gasteiger partial charge in [-0.25, -0.2) is 4.79 Å². The molecular formula is C21H23NO5. The maximum Gasteiger partial charge on any atom is 0.414 e. The third-order valence-corrected chi connectivity index (χ3v) is 4.47. The van der Waals surface area contributed by atoms with Gasteiger partial charge in [-0.3, -0.25) is 9.69 Å². The van der Waals surface area contributed by atoms with Gasteiger partial charge in [-0.15, -0.1) is 0 Å². The number of hydrogen-bond acceptors (Lipinski definition) is 5. The van der Waals surface area contributed by atoms with Crippen LogP contribution in [0.1, 0.15) is 36.2 Å². The van der Waals surface area contributed by atoms with Gasteiger partial charge in [-0.05, 0) is 25.5 Å². The molecule has 0 fully saturated rings. The molecule has 0 aromatic heterocycles. The number of benzene rings is 2. The Balaban J connectivity index is 1.96. The molecule has 0 saturated carbocycles. The van der Waals surface area contributed by atoms with Gasteiger partial charge in [0.25, 0.3) is 0 Å². The first-order valence-electron chi connectivity index (χ1n) is 8.93. The second kappa shape index (κ2) is 8.12. The summed E-state index contributed by atoms with van der Waals surface area (Å²) in [5.41, 5.74) is 1.93. The van der Waals surface area contributed by atoms with E-state index in [0.29, 0.717) is 29.4 Å². The standard InChI is InChI=1S/C21H23NO5/c1-4-26-21(24)22-14(2)10-18(23)16-11-20(19(25-3)12-17(16)22)27-13-15-8-6-5-7-9-15/h5-9,11-12,14H,4,10,13H2,1-3H3. The minimum atomic E-state index is -0.473. The van der Waals surface area contributed by atoms with Crippen molar-refractivity contribution in [1.29, 1.82) is 0 Å². The van der Waals surface area contributed by atoms with E-state index in [9.17, 15) is 9.59 Å². The smallest absolute Gasteiger partial charge is 0.414 e. The van der Waals surface area contributed by atoms with E-state index in [1.54, 1.807) is 19.1 Å². The Morgan fingerprint density at radius 1 is 1.19 bits per heavy atom. The van der Waals surface area contributed by atoms with E-state index in [-0.39, 0.29) is 24.9 Å². The molecule has 1 aliphatic rings. The van der Waals surface area contributed by atoms with Crippen LogP contribution in [0.25, 0.3) is 0 Å². The van der Waals surface area contributed by atoms with Crippen molar-refractivity contribution in [3.8, 4) is 11.5 Å². The summed E-state index contributed by atoms with van der Waals surface area (Å²) in [6.45, 7) is 4.19. The lowest BCUT2D eigenvalue weighted by Crippen LogP contribution is -2.44. The molecule has 3 rings (SSSR count). The summed E-state index contributed by atoms with van der Waals surface area (Å²) in [5.74, 6) is 0.887. The predicted octanol–water partition coefficient (Wildman–Crippen LogP) is 4.21. The first-order valence-corrected chi connectivity index (χ1v) is 8.93. The average molecular weight is 369 g/mol. The van der Waals surface area contributed by atoms with Crippen LogP contribution in [-0.4, -0.2) is 31.6 Å². The number of nitrogens with zero attached hydrogens (tertiary/aromatic N) is 1. The zero-order valence-electron chi connectivity index (χ0n) is 15.7. The van der Waals surface area contributed by atoms with Gasteiger partial charge in [0.05, 0.1) is 19.4 Å². The van der Waals surface area contributed by atoms with Gasteiger partial charge in [0.1, 0.15) is 6.61 Å². The van der Waals surface area contributed by atoms with E-state index < -0.39 is 6.09 Å². The molecule has 1 amide bonds. The number of amides is 1. The number of hydrogen-bond donors (Lipinski definition) is 0. The van der Waals surface area contributed by atoms with Crippen LogP contribution in [0.4, 0.5) is 10.5 Å². The molecule has 0 bridgehead atoms. The SMILES string of the molecule is CCOC(=O)N1c2cc(OC)c(OCc3ccccc3)cc2C(=O)CC1C. The van der Waals surface area contributed by atoms with E-state index in [2.05, 4.69) is 0 Å². The molecule has 0 N–H and O–H groups in total. The van der Waals surface area contributed by atoms with Crippen LogP contribution in [0.2, 0.25) is 0 Å². The lowest BCUT2D eigenvalue weighted by Gasteiger charge is -2.34. The number of carbonyl (C=O) groups is 2. The summed E-state index contributed by atoms with van der Waals surface area (Å²) in [6, 6.07) is 12.8. The van der Waals surface area contributed by atoms with Crippen LogP contribution in [0.3, 0.4) is 0 Å². The summed E-state index contributed by atoms with van der Waals surface area (Å²) in [7, 11) is 1.53. The Bertz CT molecular complexity index is 834. The minimum absolute atomic E-state index is 0.0368. The number of ether oxygens (including phenoxy) is 3. The molecule has 27 heavy (non-hydrogen) atoms. The van der Waals surface area contributed by atoms with Gasteiger partial charge < -0.3 is 14.2 Å². The minimum Gasteiger partial charge on any atom is -0.493 e. The van der Waals surface area contributed by atoms with Crippen molar-refractivity contribution in [2.75, 3.05) is 18.6 Å². The van der Waals surface area contributed by atoms with Crippen molar-refractivity contribution < 1.29 is 23.8 Å².